The largest absolute Gasteiger partial charge is 0.500 e. The van der Waals surface area contributed by atoms with Crippen molar-refractivity contribution in [2.75, 3.05) is 21.3 Å². The van der Waals surface area contributed by atoms with Crippen LogP contribution >= 0.6 is 0 Å². The highest BCUT2D eigenvalue weighted by molar-refractivity contribution is 6.60. The normalized spacial score (nSPS) is 12.0. The molecule has 0 radical (unpaired) electrons. The van der Waals surface area contributed by atoms with E-state index in [1.54, 1.807) is 21.3 Å². The summed E-state index contributed by atoms with van der Waals surface area (Å²) in [5.74, 6) is 0. The molecule has 1 aromatic heterocycles. The van der Waals surface area contributed by atoms with Crippen LogP contribution in [0.1, 0.15) is 37.8 Å². The summed E-state index contributed by atoms with van der Waals surface area (Å²) in [5.41, 5.74) is 2.29. The lowest BCUT2D eigenvalue weighted by Gasteiger charge is -2.24. The first-order valence-corrected chi connectivity index (χ1v) is 10.7. The van der Waals surface area contributed by atoms with Crippen molar-refractivity contribution in [2.24, 2.45) is 0 Å². The SMILES string of the molecule is CO[Si](CCCCCCCc1ccc2ccccc2n1)(OC)OC. The monoisotopic (exact) mass is 347 g/mol. The Hall–Kier alpha value is -1.27. The fourth-order valence-electron chi connectivity index (χ4n) is 2.98. The van der Waals surface area contributed by atoms with Crippen LogP contribution in [0.25, 0.3) is 10.9 Å². The molecule has 0 aliphatic carbocycles. The Labute approximate surface area is 146 Å². The van der Waals surface area contributed by atoms with E-state index in [0.717, 1.165) is 24.4 Å². The molecule has 2 rings (SSSR count). The van der Waals surface area contributed by atoms with Crippen molar-refractivity contribution in [1.82, 2.24) is 4.98 Å². The van der Waals surface area contributed by atoms with Crippen LogP contribution in [0.4, 0.5) is 0 Å². The second-order valence-corrected chi connectivity index (χ2v) is 9.15. The minimum absolute atomic E-state index is 0.892. The van der Waals surface area contributed by atoms with Crippen LogP contribution in [0.2, 0.25) is 6.04 Å². The molecule has 24 heavy (non-hydrogen) atoms. The number of hydrogen-bond acceptors (Lipinski definition) is 4. The fraction of sp³-hybridized carbons (Fsp3) is 0.526. The smallest absolute Gasteiger partial charge is 0.377 e. The van der Waals surface area contributed by atoms with Gasteiger partial charge in [0.25, 0.3) is 0 Å². The summed E-state index contributed by atoms with van der Waals surface area (Å²) in [6, 6.07) is 13.5. The summed E-state index contributed by atoms with van der Waals surface area (Å²) in [6.07, 6.45) is 6.99. The molecule has 0 N–H and O–H groups in total. The number of benzene rings is 1. The van der Waals surface area contributed by atoms with Crippen LogP contribution in [-0.2, 0) is 19.7 Å². The first-order chi connectivity index (χ1) is 11.7. The van der Waals surface area contributed by atoms with Gasteiger partial charge in [-0.1, -0.05) is 43.5 Å². The zero-order valence-electron chi connectivity index (χ0n) is 15.1. The van der Waals surface area contributed by atoms with Crippen molar-refractivity contribution < 1.29 is 13.3 Å². The Morgan fingerprint density at radius 3 is 2.21 bits per heavy atom. The highest BCUT2D eigenvalue weighted by Gasteiger charge is 2.36. The number of fused-ring (bicyclic) bond motifs is 1. The van der Waals surface area contributed by atoms with Gasteiger partial charge < -0.3 is 13.3 Å². The molecule has 0 spiro atoms. The molecule has 0 saturated heterocycles. The zero-order chi connectivity index (χ0) is 17.3. The van der Waals surface area contributed by atoms with Gasteiger partial charge in [0.05, 0.1) is 5.52 Å². The summed E-state index contributed by atoms with van der Waals surface area (Å²) < 4.78 is 16.3. The predicted octanol–water partition coefficient (Wildman–Crippen LogP) is 4.61. The van der Waals surface area contributed by atoms with E-state index in [-0.39, 0.29) is 0 Å². The van der Waals surface area contributed by atoms with Gasteiger partial charge in [0, 0.05) is 38.5 Å². The molecule has 0 fully saturated rings. The summed E-state index contributed by atoms with van der Waals surface area (Å²) in [6.45, 7) is 0. The third-order valence-corrected chi connectivity index (χ3v) is 7.34. The van der Waals surface area contributed by atoms with E-state index in [2.05, 4.69) is 30.3 Å². The van der Waals surface area contributed by atoms with Crippen molar-refractivity contribution in [3.8, 4) is 0 Å². The lowest BCUT2D eigenvalue weighted by atomic mass is 10.1. The Kier molecular flexibility index (Phi) is 7.85. The maximum absolute atomic E-state index is 5.44. The number of unbranched alkanes of at least 4 members (excludes halogenated alkanes) is 4. The van der Waals surface area contributed by atoms with Gasteiger partial charge in [0.15, 0.2) is 0 Å². The van der Waals surface area contributed by atoms with E-state index in [4.69, 9.17) is 18.3 Å². The van der Waals surface area contributed by atoms with Crippen LogP contribution in [-0.4, -0.2) is 35.1 Å². The maximum atomic E-state index is 5.44. The number of pyridine rings is 1. The van der Waals surface area contributed by atoms with Crippen LogP contribution in [0.5, 0.6) is 0 Å². The molecule has 1 heterocycles. The van der Waals surface area contributed by atoms with Crippen molar-refractivity contribution in [3.05, 3.63) is 42.1 Å². The summed E-state index contributed by atoms with van der Waals surface area (Å²) in [7, 11) is 2.65. The molecule has 0 bridgehead atoms. The van der Waals surface area contributed by atoms with Gasteiger partial charge >= 0.3 is 8.80 Å². The third-order valence-electron chi connectivity index (χ3n) is 4.50. The van der Waals surface area contributed by atoms with Crippen LogP contribution in [0.15, 0.2) is 36.4 Å². The molecule has 0 atom stereocenters. The van der Waals surface area contributed by atoms with Crippen LogP contribution in [0, 0.1) is 0 Å². The van der Waals surface area contributed by atoms with E-state index in [1.165, 1.54) is 36.8 Å². The Bertz CT molecular complexity index is 608. The van der Waals surface area contributed by atoms with E-state index in [9.17, 15) is 0 Å². The van der Waals surface area contributed by atoms with E-state index < -0.39 is 8.80 Å². The number of rotatable bonds is 11. The number of hydrogen-bond donors (Lipinski definition) is 0. The molecule has 5 heteroatoms. The number of aryl methyl sites for hydroxylation is 1. The van der Waals surface area contributed by atoms with Gasteiger partial charge in [-0.05, 0) is 31.4 Å². The minimum Gasteiger partial charge on any atom is -0.377 e. The third kappa shape index (κ3) is 5.38. The Balaban J connectivity index is 1.64. The van der Waals surface area contributed by atoms with Gasteiger partial charge in [-0.25, -0.2) is 0 Å². The average Bonchev–Trinajstić information content (AvgIpc) is 2.64. The highest BCUT2D eigenvalue weighted by atomic mass is 28.4. The average molecular weight is 348 g/mol. The van der Waals surface area contributed by atoms with Crippen molar-refractivity contribution in [1.29, 1.82) is 0 Å². The molecule has 0 saturated carbocycles. The fourth-order valence-corrected chi connectivity index (χ4v) is 4.78. The van der Waals surface area contributed by atoms with E-state index in [1.807, 2.05) is 6.07 Å². The molecule has 0 unspecified atom stereocenters. The molecule has 0 aliphatic rings. The first-order valence-electron chi connectivity index (χ1n) is 8.73. The standard InChI is InChI=1S/C19H29NO3Si/c1-21-24(22-2,23-3)16-10-6-4-5-7-12-18-15-14-17-11-8-9-13-19(17)20-18/h8-9,11,13-15H,4-7,10,12,16H2,1-3H3. The van der Waals surface area contributed by atoms with Crippen molar-refractivity contribution >= 4 is 19.7 Å². The quantitative estimate of drug-likeness (QED) is 0.440. The van der Waals surface area contributed by atoms with Gasteiger partial charge in [-0.2, -0.15) is 0 Å². The van der Waals surface area contributed by atoms with E-state index in [0.29, 0.717) is 0 Å². The summed E-state index contributed by atoms with van der Waals surface area (Å²) in [5, 5.41) is 1.21. The lowest BCUT2D eigenvalue weighted by Crippen LogP contribution is -2.42. The van der Waals surface area contributed by atoms with Crippen molar-refractivity contribution in [3.63, 3.8) is 0 Å². The topological polar surface area (TPSA) is 40.6 Å². The summed E-state index contributed by atoms with van der Waals surface area (Å²) in [4.78, 5) is 4.73. The van der Waals surface area contributed by atoms with Crippen LogP contribution < -0.4 is 0 Å². The van der Waals surface area contributed by atoms with Gasteiger partial charge in [-0.3, -0.25) is 4.98 Å². The molecule has 2 aromatic rings. The first kappa shape index (κ1) is 19.1. The maximum Gasteiger partial charge on any atom is 0.500 e. The number of aromatic nitrogens is 1. The number of para-hydroxylation sites is 1. The summed E-state index contributed by atoms with van der Waals surface area (Å²) >= 11 is 0. The van der Waals surface area contributed by atoms with Crippen LogP contribution in [0.3, 0.4) is 0 Å². The van der Waals surface area contributed by atoms with Crippen molar-refractivity contribution in [2.45, 2.75) is 44.6 Å². The second kappa shape index (κ2) is 9.89. The molecule has 0 amide bonds. The zero-order valence-corrected chi connectivity index (χ0v) is 16.1. The molecule has 132 valence electrons. The molecule has 4 nitrogen and oxygen atoms in total. The van der Waals surface area contributed by atoms with Gasteiger partial charge in [0.2, 0.25) is 0 Å². The highest BCUT2D eigenvalue weighted by Crippen LogP contribution is 2.18. The molecular weight excluding hydrogens is 318 g/mol. The van der Waals surface area contributed by atoms with E-state index >= 15 is 0 Å². The number of nitrogens with zero attached hydrogens (tertiary/aromatic N) is 1. The lowest BCUT2D eigenvalue weighted by molar-refractivity contribution is 0.122. The second-order valence-electron chi connectivity index (χ2n) is 6.06. The molecule has 0 aliphatic heterocycles. The molecular formula is C19H29NO3Si. The Morgan fingerprint density at radius 1 is 0.792 bits per heavy atom. The predicted molar refractivity (Wildman–Crippen MR) is 100 cm³/mol. The minimum atomic E-state index is -2.37. The van der Waals surface area contributed by atoms with Gasteiger partial charge in [-0.15, -0.1) is 0 Å². The Morgan fingerprint density at radius 2 is 1.46 bits per heavy atom. The molecule has 1 aromatic carbocycles. The van der Waals surface area contributed by atoms with Gasteiger partial charge in [0.1, 0.15) is 0 Å².